The molecule has 1 heterocycles. The third kappa shape index (κ3) is 4.68. The molecule has 7 heteroatoms. The van der Waals surface area contributed by atoms with Gasteiger partial charge in [-0.3, -0.25) is 0 Å². The minimum atomic E-state index is -0.515. The van der Waals surface area contributed by atoms with Crippen molar-refractivity contribution < 1.29 is 14.3 Å². The first kappa shape index (κ1) is 20.5. The normalized spacial score (nSPS) is 14.6. The third-order valence-electron chi connectivity index (χ3n) is 4.32. The quantitative estimate of drug-likeness (QED) is 0.321. The summed E-state index contributed by atoms with van der Waals surface area (Å²) >= 11 is 18.3. The Labute approximate surface area is 188 Å². The Morgan fingerprint density at radius 3 is 2.33 bits per heavy atom. The Hall–Kier alpha value is -2.79. The van der Waals surface area contributed by atoms with Gasteiger partial charge in [0.1, 0.15) is 12.4 Å². The lowest BCUT2D eigenvalue weighted by atomic mass is 10.2. The average molecular weight is 459 g/mol. The molecule has 3 aromatic carbocycles. The Bertz CT molecular complexity index is 1150. The molecule has 0 saturated heterocycles. The molecule has 0 amide bonds. The zero-order chi connectivity index (χ0) is 21.1. The number of cyclic esters (lactones) is 1. The van der Waals surface area contributed by atoms with Crippen molar-refractivity contribution >= 4 is 52.7 Å². The molecule has 4 nitrogen and oxygen atoms in total. The van der Waals surface area contributed by atoms with Gasteiger partial charge in [-0.1, -0.05) is 59.1 Å². The number of hydrogen-bond acceptors (Lipinski definition) is 4. The van der Waals surface area contributed by atoms with Gasteiger partial charge in [0.25, 0.3) is 0 Å². The van der Waals surface area contributed by atoms with E-state index in [0.29, 0.717) is 26.4 Å². The van der Waals surface area contributed by atoms with E-state index in [2.05, 4.69) is 4.99 Å². The van der Waals surface area contributed by atoms with Crippen LogP contribution in [0.1, 0.15) is 16.7 Å². The van der Waals surface area contributed by atoms with Crippen molar-refractivity contribution in [2.24, 2.45) is 4.99 Å². The SMILES string of the molecule is O=C1OC(c2cccc(Cl)c2)=N/C1=C\c1ccc(OCc2c(Cl)cccc2Cl)cc1. The van der Waals surface area contributed by atoms with E-state index in [1.165, 1.54) is 0 Å². The molecule has 0 aliphatic carbocycles. The molecule has 0 aromatic heterocycles. The first-order valence-electron chi connectivity index (χ1n) is 8.94. The van der Waals surface area contributed by atoms with Crippen LogP contribution in [0.25, 0.3) is 6.08 Å². The Morgan fingerprint density at radius 1 is 0.933 bits per heavy atom. The van der Waals surface area contributed by atoms with Crippen LogP contribution in [0.3, 0.4) is 0 Å². The van der Waals surface area contributed by atoms with Gasteiger partial charge in [-0.25, -0.2) is 9.79 Å². The molecule has 1 aliphatic rings. The second-order valence-corrected chi connectivity index (χ2v) is 7.66. The zero-order valence-corrected chi connectivity index (χ0v) is 17.7. The molecule has 0 fully saturated rings. The van der Waals surface area contributed by atoms with Gasteiger partial charge in [0.2, 0.25) is 5.90 Å². The molecule has 30 heavy (non-hydrogen) atoms. The topological polar surface area (TPSA) is 47.9 Å². The van der Waals surface area contributed by atoms with Crippen LogP contribution in [0, 0.1) is 0 Å². The summed E-state index contributed by atoms with van der Waals surface area (Å²) in [5.74, 6) is 0.356. The molecule has 150 valence electrons. The second kappa shape index (κ2) is 8.92. The van der Waals surface area contributed by atoms with Crippen molar-refractivity contribution in [1.29, 1.82) is 0 Å². The molecule has 0 radical (unpaired) electrons. The number of rotatable bonds is 5. The lowest BCUT2D eigenvalue weighted by Gasteiger charge is -2.09. The molecular weight excluding hydrogens is 445 g/mol. The monoisotopic (exact) mass is 457 g/mol. The van der Waals surface area contributed by atoms with Gasteiger partial charge >= 0.3 is 5.97 Å². The van der Waals surface area contributed by atoms with Crippen LogP contribution >= 0.6 is 34.8 Å². The molecular formula is C23H14Cl3NO3. The number of esters is 1. The minimum Gasteiger partial charge on any atom is -0.489 e. The summed E-state index contributed by atoms with van der Waals surface area (Å²) in [5, 5.41) is 1.64. The van der Waals surface area contributed by atoms with Gasteiger partial charge in [-0.2, -0.15) is 0 Å². The summed E-state index contributed by atoms with van der Waals surface area (Å²) in [4.78, 5) is 16.4. The van der Waals surface area contributed by atoms with Gasteiger partial charge in [-0.05, 0) is 54.1 Å². The summed E-state index contributed by atoms with van der Waals surface area (Å²) in [5.41, 5.74) is 2.35. The van der Waals surface area contributed by atoms with E-state index in [-0.39, 0.29) is 18.2 Å². The molecule has 4 rings (SSSR count). The number of carbonyl (C=O) groups is 1. The number of ether oxygens (including phenoxy) is 2. The second-order valence-electron chi connectivity index (χ2n) is 6.40. The Balaban J connectivity index is 1.47. The van der Waals surface area contributed by atoms with Crippen LogP contribution in [0.2, 0.25) is 15.1 Å². The van der Waals surface area contributed by atoms with Crippen LogP contribution in [0.15, 0.2) is 77.4 Å². The number of carbonyl (C=O) groups excluding carboxylic acids is 1. The van der Waals surface area contributed by atoms with Crippen LogP contribution in [-0.4, -0.2) is 11.9 Å². The van der Waals surface area contributed by atoms with E-state index < -0.39 is 5.97 Å². The standard InChI is InChI=1S/C23H14Cl3NO3/c24-16-4-1-3-15(12-16)22-27-21(23(28)30-22)11-14-7-9-17(10-8-14)29-13-18-19(25)5-2-6-20(18)26/h1-12H,13H2/b21-11-. The first-order valence-corrected chi connectivity index (χ1v) is 10.1. The van der Waals surface area contributed by atoms with Gasteiger partial charge in [0.05, 0.1) is 0 Å². The number of aliphatic imine (C=N–C) groups is 1. The van der Waals surface area contributed by atoms with E-state index in [9.17, 15) is 4.79 Å². The molecule has 0 unspecified atom stereocenters. The Morgan fingerprint density at radius 2 is 1.63 bits per heavy atom. The van der Waals surface area contributed by atoms with Crippen molar-refractivity contribution in [2.45, 2.75) is 6.61 Å². The van der Waals surface area contributed by atoms with E-state index in [1.54, 1.807) is 60.7 Å². The first-order chi connectivity index (χ1) is 14.5. The van der Waals surface area contributed by atoms with Crippen LogP contribution < -0.4 is 4.74 Å². The number of halogens is 3. The molecule has 0 spiro atoms. The number of benzene rings is 3. The Kier molecular flexibility index (Phi) is 6.09. The number of hydrogen-bond donors (Lipinski definition) is 0. The summed E-state index contributed by atoms with van der Waals surface area (Å²) in [6, 6.07) is 19.5. The summed E-state index contributed by atoms with van der Waals surface area (Å²) in [6.45, 7) is 0.249. The molecule has 0 atom stereocenters. The maximum Gasteiger partial charge on any atom is 0.363 e. The zero-order valence-electron chi connectivity index (χ0n) is 15.4. The average Bonchev–Trinajstić information content (AvgIpc) is 3.09. The van der Waals surface area contributed by atoms with Gasteiger partial charge in [-0.15, -0.1) is 0 Å². The smallest absolute Gasteiger partial charge is 0.363 e. The third-order valence-corrected chi connectivity index (χ3v) is 5.26. The summed E-state index contributed by atoms with van der Waals surface area (Å²) in [7, 11) is 0. The van der Waals surface area contributed by atoms with E-state index in [1.807, 2.05) is 12.1 Å². The largest absolute Gasteiger partial charge is 0.489 e. The summed E-state index contributed by atoms with van der Waals surface area (Å²) < 4.78 is 11.0. The molecule has 0 bridgehead atoms. The highest BCUT2D eigenvalue weighted by Gasteiger charge is 2.24. The highest BCUT2D eigenvalue weighted by Crippen LogP contribution is 2.26. The fourth-order valence-electron chi connectivity index (χ4n) is 2.80. The van der Waals surface area contributed by atoms with Crippen LogP contribution in [0.5, 0.6) is 5.75 Å². The van der Waals surface area contributed by atoms with Crippen molar-refractivity contribution in [3.05, 3.63) is 104 Å². The molecule has 3 aromatic rings. The van der Waals surface area contributed by atoms with Crippen LogP contribution in [0.4, 0.5) is 0 Å². The summed E-state index contributed by atoms with van der Waals surface area (Å²) in [6.07, 6.45) is 1.65. The van der Waals surface area contributed by atoms with E-state index >= 15 is 0 Å². The van der Waals surface area contributed by atoms with Gasteiger partial charge in [0.15, 0.2) is 5.70 Å². The molecule has 1 aliphatic heterocycles. The molecule has 0 saturated carbocycles. The van der Waals surface area contributed by atoms with Crippen molar-refractivity contribution in [2.75, 3.05) is 0 Å². The van der Waals surface area contributed by atoms with E-state index in [0.717, 1.165) is 11.1 Å². The fourth-order valence-corrected chi connectivity index (χ4v) is 3.49. The number of nitrogens with zero attached hydrogens (tertiary/aromatic N) is 1. The lowest BCUT2D eigenvalue weighted by Crippen LogP contribution is -2.05. The predicted octanol–water partition coefficient (Wildman–Crippen LogP) is 6.57. The lowest BCUT2D eigenvalue weighted by molar-refractivity contribution is -0.129. The van der Waals surface area contributed by atoms with Crippen molar-refractivity contribution in [1.82, 2.24) is 0 Å². The highest BCUT2D eigenvalue weighted by atomic mass is 35.5. The maximum absolute atomic E-state index is 12.1. The minimum absolute atomic E-state index is 0.210. The highest BCUT2D eigenvalue weighted by molar-refractivity contribution is 6.36. The van der Waals surface area contributed by atoms with E-state index in [4.69, 9.17) is 44.3 Å². The van der Waals surface area contributed by atoms with Gasteiger partial charge in [0, 0.05) is 26.2 Å². The maximum atomic E-state index is 12.1. The van der Waals surface area contributed by atoms with Crippen molar-refractivity contribution in [3.8, 4) is 5.75 Å². The van der Waals surface area contributed by atoms with Gasteiger partial charge < -0.3 is 9.47 Å². The predicted molar refractivity (Wildman–Crippen MR) is 119 cm³/mol. The van der Waals surface area contributed by atoms with Crippen molar-refractivity contribution in [3.63, 3.8) is 0 Å². The fraction of sp³-hybridized carbons (Fsp3) is 0.0435. The van der Waals surface area contributed by atoms with Crippen LogP contribution in [-0.2, 0) is 16.1 Å². The molecule has 0 N–H and O–H groups in total.